The molecule has 1 aliphatic heterocycles. The van der Waals surface area contributed by atoms with E-state index in [2.05, 4.69) is 4.18 Å². The van der Waals surface area contributed by atoms with Crippen molar-refractivity contribution in [2.45, 2.75) is 39.0 Å². The van der Waals surface area contributed by atoms with Gasteiger partial charge in [0.1, 0.15) is 17.1 Å². The molecule has 1 saturated heterocycles. The lowest BCUT2D eigenvalue weighted by atomic mass is 10.1. The topological polar surface area (TPSA) is 110 Å². The minimum atomic E-state index is -5.37. The molecule has 0 spiro atoms. The van der Waals surface area contributed by atoms with E-state index in [1.807, 2.05) is 0 Å². The van der Waals surface area contributed by atoms with Crippen LogP contribution < -0.4 is 9.08 Å². The van der Waals surface area contributed by atoms with Gasteiger partial charge in [0.25, 0.3) is 0 Å². The number of rotatable bonds is 5. The van der Waals surface area contributed by atoms with E-state index in [-0.39, 0.29) is 18.7 Å². The maximum atomic E-state index is 13.2. The van der Waals surface area contributed by atoms with Crippen molar-refractivity contribution in [3.63, 3.8) is 0 Å². The number of carbonyl (C=O) groups is 1. The van der Waals surface area contributed by atoms with E-state index in [9.17, 15) is 29.4 Å². The Balaban J connectivity index is 2.29. The van der Waals surface area contributed by atoms with Crippen LogP contribution in [0.2, 0.25) is 0 Å². The monoisotopic (exact) mass is 470 g/mol. The zero-order valence-electron chi connectivity index (χ0n) is 17.0. The molecule has 0 N–H and O–H groups in total. The first-order chi connectivity index (χ1) is 13.5. The maximum absolute atomic E-state index is 13.2. The van der Waals surface area contributed by atoms with Gasteiger partial charge in [-0.15, -0.1) is 3.89 Å². The van der Waals surface area contributed by atoms with Crippen LogP contribution >= 0.6 is 0 Å². The second-order valence-corrected chi connectivity index (χ2v) is 10.2. The molecule has 1 aliphatic rings. The minimum absolute atomic E-state index is 0.0665. The van der Waals surface area contributed by atoms with Gasteiger partial charge in [-0.2, -0.15) is 16.8 Å². The Labute approximate surface area is 175 Å². The normalized spacial score (nSPS) is 15.8. The Kier molecular flexibility index (Phi) is 6.86. The fourth-order valence-corrected chi connectivity index (χ4v) is 4.01. The molecule has 2 rings (SSSR count). The summed E-state index contributed by atoms with van der Waals surface area (Å²) < 4.78 is 79.7. The van der Waals surface area contributed by atoms with Crippen LogP contribution in [0.1, 0.15) is 31.9 Å². The molecule has 0 radical (unpaired) electrons. The van der Waals surface area contributed by atoms with E-state index < -0.39 is 43.9 Å². The lowest BCUT2D eigenvalue weighted by molar-refractivity contribution is 0.0240. The highest BCUT2D eigenvalue weighted by atomic mass is 32.3. The molecule has 1 aromatic carbocycles. The molecule has 1 fully saturated rings. The van der Waals surface area contributed by atoms with E-state index in [0.717, 1.165) is 6.07 Å². The van der Waals surface area contributed by atoms with Crippen LogP contribution in [0.5, 0.6) is 5.75 Å². The fraction of sp³-hybridized carbons (Fsp3) is 0.588. The minimum Gasteiger partial charge on any atom is -0.444 e. The molecule has 170 valence electrons. The van der Waals surface area contributed by atoms with Crippen molar-refractivity contribution in [2.75, 3.05) is 31.1 Å². The summed E-state index contributed by atoms with van der Waals surface area (Å²) in [6.07, 6.45) is -0.483. The highest BCUT2D eigenvalue weighted by molar-refractivity contribution is 7.85. The van der Waals surface area contributed by atoms with Crippen LogP contribution in [0.3, 0.4) is 0 Å². The van der Waals surface area contributed by atoms with Crippen LogP contribution in [0.25, 0.3) is 0 Å². The molecule has 0 aromatic heterocycles. The van der Waals surface area contributed by atoms with Crippen molar-refractivity contribution >= 4 is 32.5 Å². The summed E-state index contributed by atoms with van der Waals surface area (Å²) in [5, 5.41) is 0. The Hall–Kier alpha value is -2.15. The number of piperazine rings is 1. The molecule has 30 heavy (non-hydrogen) atoms. The molecular formula is C17H24F2N2O7S2. The predicted molar refractivity (Wildman–Crippen MR) is 106 cm³/mol. The summed E-state index contributed by atoms with van der Waals surface area (Å²) in [5.41, 5.74) is -0.00594. The molecule has 0 bridgehead atoms. The van der Waals surface area contributed by atoms with E-state index in [1.165, 1.54) is 17.9 Å². The quantitative estimate of drug-likeness (QED) is 0.604. The van der Waals surface area contributed by atoms with Gasteiger partial charge in [-0.1, -0.05) is 3.89 Å². The van der Waals surface area contributed by atoms with E-state index in [0.29, 0.717) is 24.3 Å². The third-order valence-electron chi connectivity index (χ3n) is 4.26. The molecule has 0 atom stereocenters. The van der Waals surface area contributed by atoms with Crippen molar-refractivity contribution in [3.8, 4) is 5.75 Å². The third-order valence-corrected chi connectivity index (χ3v) is 5.30. The average Bonchev–Trinajstić information content (AvgIpc) is 2.53. The molecule has 0 aliphatic carbocycles. The molecule has 1 aromatic rings. The Bertz CT molecular complexity index is 1010. The summed E-state index contributed by atoms with van der Waals surface area (Å²) in [4.78, 5) is 15.4. The highest BCUT2D eigenvalue weighted by Crippen LogP contribution is 2.32. The predicted octanol–water partition coefficient (Wildman–Crippen LogP) is 2.44. The number of halogens is 2. The third kappa shape index (κ3) is 7.27. The summed E-state index contributed by atoms with van der Waals surface area (Å²) in [6, 6.07) is 2.19. The number of ether oxygens (including phenoxy) is 1. The summed E-state index contributed by atoms with van der Waals surface area (Å²) >= 11 is 0. The number of carbonyl (C=O) groups excluding carboxylic acids is 1. The number of nitrogens with zero attached hydrogens (tertiary/aromatic N) is 2. The van der Waals surface area contributed by atoms with Crippen molar-refractivity contribution in [1.29, 1.82) is 0 Å². The van der Waals surface area contributed by atoms with Gasteiger partial charge < -0.3 is 18.7 Å². The highest BCUT2D eigenvalue weighted by Gasteiger charge is 2.28. The lowest BCUT2D eigenvalue weighted by Crippen LogP contribution is -2.50. The lowest BCUT2D eigenvalue weighted by Gasteiger charge is -2.37. The number of amides is 1. The first kappa shape index (κ1) is 24.1. The van der Waals surface area contributed by atoms with E-state index in [1.54, 1.807) is 25.7 Å². The van der Waals surface area contributed by atoms with Gasteiger partial charge in [-0.25, -0.2) is 4.79 Å². The summed E-state index contributed by atoms with van der Waals surface area (Å²) in [7, 11) is -10.3. The summed E-state index contributed by atoms with van der Waals surface area (Å²) in [6.45, 7) is 7.92. The molecule has 0 unspecified atom stereocenters. The zero-order chi connectivity index (χ0) is 22.9. The van der Waals surface area contributed by atoms with Crippen molar-refractivity contribution < 1.29 is 38.3 Å². The Morgan fingerprint density at radius 3 is 2.10 bits per heavy atom. The second kappa shape index (κ2) is 8.53. The van der Waals surface area contributed by atoms with Gasteiger partial charge in [0.05, 0.1) is 0 Å². The summed E-state index contributed by atoms with van der Waals surface area (Å²) in [5.74, 6) is -1.50. The standard InChI is InChI=1S/C17H24F2N2O7S2/c1-12-13(11-29(18,23)24)9-14(28-30(19,25)26)10-15(12)20-5-7-21(8-6-20)16(22)27-17(2,3)4/h9-10H,5-8,11H2,1-4H3. The molecule has 1 amide bonds. The second-order valence-electron chi connectivity index (χ2n) is 7.84. The Morgan fingerprint density at radius 2 is 1.63 bits per heavy atom. The van der Waals surface area contributed by atoms with Crippen LogP contribution in [0.15, 0.2) is 12.1 Å². The smallest absolute Gasteiger partial charge is 0.444 e. The fourth-order valence-electron chi connectivity index (χ4n) is 3.01. The number of hydrogen-bond acceptors (Lipinski definition) is 8. The van der Waals surface area contributed by atoms with Gasteiger partial charge >= 0.3 is 26.8 Å². The first-order valence-corrected chi connectivity index (χ1v) is 11.8. The van der Waals surface area contributed by atoms with Crippen LogP contribution in [-0.4, -0.2) is 59.6 Å². The first-order valence-electron chi connectivity index (χ1n) is 8.97. The largest absolute Gasteiger partial charge is 0.488 e. The van der Waals surface area contributed by atoms with Gasteiger partial charge in [0.2, 0.25) is 0 Å². The maximum Gasteiger partial charge on any atom is 0.488 e. The van der Waals surface area contributed by atoms with Gasteiger partial charge in [-0.3, -0.25) is 0 Å². The van der Waals surface area contributed by atoms with E-state index in [4.69, 9.17) is 4.74 Å². The number of hydrogen-bond donors (Lipinski definition) is 0. The van der Waals surface area contributed by atoms with Crippen LogP contribution in [0, 0.1) is 6.92 Å². The molecule has 1 heterocycles. The molecule has 13 heteroatoms. The Morgan fingerprint density at radius 1 is 1.07 bits per heavy atom. The molecular weight excluding hydrogens is 446 g/mol. The molecule has 0 saturated carbocycles. The molecule has 9 nitrogen and oxygen atoms in total. The average molecular weight is 471 g/mol. The van der Waals surface area contributed by atoms with E-state index >= 15 is 0 Å². The van der Waals surface area contributed by atoms with Crippen LogP contribution in [-0.2, 0) is 31.2 Å². The van der Waals surface area contributed by atoms with Crippen molar-refractivity contribution in [2.24, 2.45) is 0 Å². The SMILES string of the molecule is Cc1c(CS(=O)(=O)F)cc(OS(=O)(=O)F)cc1N1CCN(C(=O)OC(C)(C)C)CC1. The van der Waals surface area contributed by atoms with Crippen molar-refractivity contribution in [1.82, 2.24) is 4.90 Å². The van der Waals surface area contributed by atoms with Gasteiger partial charge in [0.15, 0.2) is 0 Å². The van der Waals surface area contributed by atoms with Crippen LogP contribution in [0.4, 0.5) is 18.3 Å². The number of benzene rings is 1. The van der Waals surface area contributed by atoms with Gasteiger partial charge in [0, 0.05) is 37.9 Å². The van der Waals surface area contributed by atoms with Crippen molar-refractivity contribution in [3.05, 3.63) is 23.3 Å². The van der Waals surface area contributed by atoms with Gasteiger partial charge in [-0.05, 0) is 44.9 Å². The number of anilines is 1. The zero-order valence-corrected chi connectivity index (χ0v) is 18.6.